The van der Waals surface area contributed by atoms with E-state index in [1.807, 2.05) is 19.2 Å². The third kappa shape index (κ3) is 1.16. The quantitative estimate of drug-likeness (QED) is 0.629. The minimum atomic E-state index is 0.0381. The van der Waals surface area contributed by atoms with E-state index in [0.29, 0.717) is 17.2 Å². The molecule has 0 aliphatic carbocycles. The second-order valence-electron chi connectivity index (χ2n) is 3.90. The number of rotatable bonds is 0. The second-order valence-corrected chi connectivity index (χ2v) is 3.90. The maximum absolute atomic E-state index is 11.8. The average Bonchev–Trinajstić information content (AvgIpc) is 2.14. The number of nitrogens with zero attached hydrogens (tertiary/aromatic N) is 1. The second kappa shape index (κ2) is 3.01. The van der Waals surface area contributed by atoms with Crippen LogP contribution in [0, 0.1) is 0 Å². The highest BCUT2D eigenvalue weighted by Gasteiger charge is 2.27. The zero-order valence-electron chi connectivity index (χ0n) is 8.45. The molecule has 1 heterocycles. The Kier molecular flexibility index (Phi) is 1.95. The Balaban J connectivity index is 2.62. The van der Waals surface area contributed by atoms with E-state index >= 15 is 0 Å². The number of carbonyl (C=O) groups is 1. The van der Waals surface area contributed by atoms with Gasteiger partial charge in [0.25, 0.3) is 5.91 Å². The lowest BCUT2D eigenvalue weighted by Crippen LogP contribution is -2.36. The third-order valence-corrected chi connectivity index (χ3v) is 2.77. The van der Waals surface area contributed by atoms with E-state index in [4.69, 9.17) is 5.73 Å². The molecule has 2 rings (SSSR count). The largest absolute Gasteiger partial charge is 0.398 e. The van der Waals surface area contributed by atoms with Gasteiger partial charge in [0.05, 0.1) is 5.56 Å². The number of nitrogens with two attached hydrogens (primary N) is 1. The monoisotopic (exact) mass is 190 g/mol. The van der Waals surface area contributed by atoms with Gasteiger partial charge >= 0.3 is 0 Å². The molecule has 3 heteroatoms. The first-order valence-electron chi connectivity index (χ1n) is 4.75. The number of fused-ring (bicyclic) bond motifs is 1. The van der Waals surface area contributed by atoms with Crippen LogP contribution in [0.4, 0.5) is 5.69 Å². The molecule has 74 valence electrons. The maximum Gasteiger partial charge on any atom is 0.255 e. The Morgan fingerprint density at radius 1 is 1.50 bits per heavy atom. The average molecular weight is 190 g/mol. The summed E-state index contributed by atoms with van der Waals surface area (Å²) in [5.74, 6) is 0.410. The molecule has 1 aromatic carbocycles. The molecule has 0 saturated heterocycles. The summed E-state index contributed by atoms with van der Waals surface area (Å²) in [6, 6.07) is 5.67. The first-order valence-corrected chi connectivity index (χ1v) is 4.75. The van der Waals surface area contributed by atoms with Crippen LogP contribution in [0.15, 0.2) is 18.2 Å². The molecule has 0 bridgehead atoms. The van der Waals surface area contributed by atoms with E-state index in [0.717, 1.165) is 12.1 Å². The number of benzene rings is 1. The standard InChI is InChI=1S/C11H14N2O/c1-7-6-13(2)11(14)10-8(7)4-3-5-9(10)12/h3-5,7H,6,12H2,1-2H3. The van der Waals surface area contributed by atoms with Gasteiger partial charge in [-0.25, -0.2) is 0 Å². The molecule has 1 aliphatic heterocycles. The summed E-state index contributed by atoms with van der Waals surface area (Å²) in [7, 11) is 1.81. The Labute approximate surface area is 83.5 Å². The van der Waals surface area contributed by atoms with Crippen LogP contribution in [0.3, 0.4) is 0 Å². The summed E-state index contributed by atoms with van der Waals surface area (Å²) in [5.41, 5.74) is 8.16. The van der Waals surface area contributed by atoms with Crippen molar-refractivity contribution in [2.75, 3.05) is 19.3 Å². The molecule has 1 atom stereocenters. The highest BCUT2D eigenvalue weighted by Crippen LogP contribution is 2.30. The van der Waals surface area contributed by atoms with Crippen LogP contribution >= 0.6 is 0 Å². The Morgan fingerprint density at radius 2 is 2.21 bits per heavy atom. The lowest BCUT2D eigenvalue weighted by molar-refractivity contribution is 0.0769. The van der Waals surface area contributed by atoms with Crippen LogP contribution in [-0.4, -0.2) is 24.4 Å². The van der Waals surface area contributed by atoms with Gasteiger partial charge in [0, 0.05) is 19.3 Å². The van der Waals surface area contributed by atoms with Crippen LogP contribution < -0.4 is 5.73 Å². The molecule has 3 nitrogen and oxygen atoms in total. The van der Waals surface area contributed by atoms with Gasteiger partial charge in [-0.2, -0.15) is 0 Å². The van der Waals surface area contributed by atoms with Crippen molar-refractivity contribution < 1.29 is 4.79 Å². The van der Waals surface area contributed by atoms with Gasteiger partial charge in [-0.1, -0.05) is 19.1 Å². The van der Waals surface area contributed by atoms with E-state index in [-0.39, 0.29) is 5.91 Å². The molecule has 0 spiro atoms. The Bertz CT molecular complexity index is 387. The number of hydrogen-bond donors (Lipinski definition) is 1. The SMILES string of the molecule is CC1CN(C)C(=O)c2c(N)cccc21. The molecule has 1 unspecified atom stereocenters. The Morgan fingerprint density at radius 3 is 2.93 bits per heavy atom. The molecular weight excluding hydrogens is 176 g/mol. The molecule has 1 aromatic rings. The highest BCUT2D eigenvalue weighted by atomic mass is 16.2. The number of hydrogen-bond acceptors (Lipinski definition) is 2. The molecule has 0 fully saturated rings. The number of anilines is 1. The van der Waals surface area contributed by atoms with Crippen molar-refractivity contribution in [1.29, 1.82) is 0 Å². The Hall–Kier alpha value is -1.51. The predicted octanol–water partition coefficient (Wildman–Crippen LogP) is 1.46. The lowest BCUT2D eigenvalue weighted by Gasteiger charge is -2.30. The zero-order chi connectivity index (χ0) is 10.3. The van der Waals surface area contributed by atoms with Crippen molar-refractivity contribution in [3.05, 3.63) is 29.3 Å². The van der Waals surface area contributed by atoms with Crippen LogP contribution in [0.5, 0.6) is 0 Å². The molecule has 0 saturated carbocycles. The van der Waals surface area contributed by atoms with E-state index in [9.17, 15) is 4.79 Å². The van der Waals surface area contributed by atoms with Crippen LogP contribution in [0.1, 0.15) is 28.8 Å². The lowest BCUT2D eigenvalue weighted by atomic mass is 9.90. The highest BCUT2D eigenvalue weighted by molar-refractivity contribution is 6.01. The van der Waals surface area contributed by atoms with Crippen molar-refractivity contribution >= 4 is 11.6 Å². The molecule has 2 N–H and O–H groups in total. The molecule has 0 radical (unpaired) electrons. The van der Waals surface area contributed by atoms with E-state index in [2.05, 4.69) is 6.92 Å². The van der Waals surface area contributed by atoms with E-state index < -0.39 is 0 Å². The van der Waals surface area contributed by atoms with Crippen LogP contribution in [0.2, 0.25) is 0 Å². The van der Waals surface area contributed by atoms with E-state index in [1.165, 1.54) is 0 Å². The van der Waals surface area contributed by atoms with Crippen molar-refractivity contribution in [3.63, 3.8) is 0 Å². The van der Waals surface area contributed by atoms with Crippen LogP contribution in [0.25, 0.3) is 0 Å². The summed E-state index contributed by atoms with van der Waals surface area (Å²) in [6.07, 6.45) is 0. The van der Waals surface area contributed by atoms with Gasteiger partial charge in [0.15, 0.2) is 0 Å². The molecule has 1 aliphatic rings. The first kappa shape index (κ1) is 9.06. The first-order chi connectivity index (χ1) is 6.61. The van der Waals surface area contributed by atoms with Crippen molar-refractivity contribution in [2.24, 2.45) is 0 Å². The smallest absolute Gasteiger partial charge is 0.255 e. The van der Waals surface area contributed by atoms with Gasteiger partial charge in [-0.3, -0.25) is 4.79 Å². The normalized spacial score (nSPS) is 20.9. The number of amides is 1. The fourth-order valence-electron chi connectivity index (χ4n) is 2.03. The number of likely N-dealkylation sites (N-methyl/N-ethyl adjacent to an activating group) is 1. The minimum Gasteiger partial charge on any atom is -0.398 e. The third-order valence-electron chi connectivity index (χ3n) is 2.77. The summed E-state index contributed by atoms with van der Waals surface area (Å²) >= 11 is 0. The topological polar surface area (TPSA) is 46.3 Å². The number of carbonyl (C=O) groups excluding carboxylic acids is 1. The summed E-state index contributed by atoms with van der Waals surface area (Å²) < 4.78 is 0. The molecular formula is C11H14N2O. The fourth-order valence-corrected chi connectivity index (χ4v) is 2.03. The molecule has 14 heavy (non-hydrogen) atoms. The molecule has 0 aromatic heterocycles. The number of nitrogen functional groups attached to an aromatic ring is 1. The summed E-state index contributed by atoms with van der Waals surface area (Å²) in [4.78, 5) is 13.6. The zero-order valence-corrected chi connectivity index (χ0v) is 8.45. The van der Waals surface area contributed by atoms with Gasteiger partial charge in [0.1, 0.15) is 0 Å². The van der Waals surface area contributed by atoms with Gasteiger partial charge in [0.2, 0.25) is 0 Å². The van der Waals surface area contributed by atoms with Gasteiger partial charge < -0.3 is 10.6 Å². The van der Waals surface area contributed by atoms with Crippen molar-refractivity contribution in [2.45, 2.75) is 12.8 Å². The van der Waals surface area contributed by atoms with Crippen molar-refractivity contribution in [1.82, 2.24) is 4.90 Å². The van der Waals surface area contributed by atoms with Gasteiger partial charge in [-0.15, -0.1) is 0 Å². The summed E-state index contributed by atoms with van der Waals surface area (Å²) in [5, 5.41) is 0. The van der Waals surface area contributed by atoms with Crippen LogP contribution in [-0.2, 0) is 0 Å². The van der Waals surface area contributed by atoms with E-state index in [1.54, 1.807) is 11.0 Å². The summed E-state index contributed by atoms with van der Waals surface area (Å²) in [6.45, 7) is 2.89. The fraction of sp³-hybridized carbons (Fsp3) is 0.364. The van der Waals surface area contributed by atoms with Crippen molar-refractivity contribution in [3.8, 4) is 0 Å². The maximum atomic E-state index is 11.8. The minimum absolute atomic E-state index is 0.0381. The van der Waals surface area contributed by atoms with Gasteiger partial charge in [-0.05, 0) is 17.5 Å². The predicted molar refractivity (Wildman–Crippen MR) is 56.2 cm³/mol. The molecule has 1 amide bonds.